The van der Waals surface area contributed by atoms with Gasteiger partial charge in [-0.2, -0.15) is 0 Å². The number of nitrogens with zero attached hydrogens (tertiary/aromatic N) is 2. The van der Waals surface area contributed by atoms with Crippen molar-refractivity contribution >= 4 is 11.5 Å². The van der Waals surface area contributed by atoms with E-state index in [4.69, 9.17) is 4.42 Å². The van der Waals surface area contributed by atoms with E-state index in [9.17, 15) is 10.1 Å². The molecule has 2 rings (SSSR count). The minimum atomic E-state index is -0.452. The summed E-state index contributed by atoms with van der Waals surface area (Å²) in [6.07, 6.45) is 2.99. The fourth-order valence-electron chi connectivity index (χ4n) is 1.31. The smallest absolute Gasteiger partial charge is 0.275 e. The second kappa shape index (κ2) is 4.01. The van der Waals surface area contributed by atoms with Crippen LogP contribution in [0, 0.1) is 10.1 Å². The van der Waals surface area contributed by atoms with E-state index in [2.05, 4.69) is 10.3 Å². The molecule has 0 fully saturated rings. The summed E-state index contributed by atoms with van der Waals surface area (Å²) in [4.78, 5) is 14.5. The van der Waals surface area contributed by atoms with Gasteiger partial charge in [0.15, 0.2) is 0 Å². The lowest BCUT2D eigenvalue weighted by atomic mass is 10.2. The average molecular weight is 219 g/mol. The quantitative estimate of drug-likeness (QED) is 0.632. The molecule has 0 spiro atoms. The van der Waals surface area contributed by atoms with E-state index in [1.165, 1.54) is 24.7 Å². The van der Waals surface area contributed by atoms with Crippen molar-refractivity contribution in [1.82, 2.24) is 4.98 Å². The summed E-state index contributed by atoms with van der Waals surface area (Å²) in [5.74, 6) is 0.449. The summed E-state index contributed by atoms with van der Waals surface area (Å²) in [6.45, 7) is 0. The molecule has 0 atom stereocenters. The molecule has 0 radical (unpaired) electrons. The van der Waals surface area contributed by atoms with Crippen LogP contribution in [0.25, 0.3) is 11.3 Å². The molecular formula is C10H9N3O3. The highest BCUT2D eigenvalue weighted by Crippen LogP contribution is 2.25. The van der Waals surface area contributed by atoms with Crippen molar-refractivity contribution in [2.45, 2.75) is 0 Å². The fourth-order valence-corrected chi connectivity index (χ4v) is 1.31. The molecule has 2 aromatic heterocycles. The molecule has 0 aliphatic carbocycles. The van der Waals surface area contributed by atoms with Crippen LogP contribution in [0.2, 0.25) is 0 Å². The first-order chi connectivity index (χ1) is 7.70. The zero-order valence-corrected chi connectivity index (χ0v) is 8.51. The Hall–Kier alpha value is -2.37. The number of pyridine rings is 1. The summed E-state index contributed by atoms with van der Waals surface area (Å²) >= 11 is 0. The van der Waals surface area contributed by atoms with Crippen molar-refractivity contribution in [2.24, 2.45) is 0 Å². The van der Waals surface area contributed by atoms with Crippen molar-refractivity contribution in [2.75, 3.05) is 12.4 Å². The molecule has 2 aromatic rings. The first-order valence-electron chi connectivity index (χ1n) is 4.57. The summed E-state index contributed by atoms with van der Waals surface area (Å²) in [5.41, 5.74) is 1.21. The lowest BCUT2D eigenvalue weighted by Crippen LogP contribution is -1.97. The number of nitro groups is 1. The normalized spacial score (nSPS) is 10.1. The number of hydrogen-bond donors (Lipinski definition) is 1. The second-order valence-corrected chi connectivity index (χ2v) is 3.11. The molecule has 6 nitrogen and oxygen atoms in total. The van der Waals surface area contributed by atoms with Gasteiger partial charge in [0, 0.05) is 18.7 Å². The third kappa shape index (κ3) is 1.85. The molecule has 0 unspecified atom stereocenters. The Labute approximate surface area is 91.1 Å². The molecule has 0 aliphatic rings. The van der Waals surface area contributed by atoms with Gasteiger partial charge in [-0.05, 0) is 6.07 Å². The molecule has 1 N–H and O–H groups in total. The molecule has 0 bridgehead atoms. The molecule has 2 heterocycles. The Morgan fingerprint density at radius 1 is 1.50 bits per heavy atom. The molecule has 0 saturated heterocycles. The van der Waals surface area contributed by atoms with Crippen LogP contribution >= 0.6 is 0 Å². The van der Waals surface area contributed by atoms with Gasteiger partial charge in [-0.3, -0.25) is 10.1 Å². The highest BCUT2D eigenvalue weighted by atomic mass is 16.6. The third-order valence-corrected chi connectivity index (χ3v) is 2.09. The maximum atomic E-state index is 10.7. The van der Waals surface area contributed by atoms with E-state index in [1.807, 2.05) is 0 Å². The molecular weight excluding hydrogens is 210 g/mol. The van der Waals surface area contributed by atoms with Gasteiger partial charge in [0.05, 0.1) is 29.2 Å². The number of rotatable bonds is 3. The van der Waals surface area contributed by atoms with Gasteiger partial charge in [-0.15, -0.1) is 0 Å². The predicted molar refractivity (Wildman–Crippen MR) is 58.1 cm³/mol. The third-order valence-electron chi connectivity index (χ3n) is 2.09. The first kappa shape index (κ1) is 10.2. The van der Waals surface area contributed by atoms with Crippen LogP contribution in [-0.2, 0) is 0 Å². The largest absolute Gasteiger partial charge is 0.472 e. The van der Waals surface area contributed by atoms with Gasteiger partial charge in [-0.1, -0.05) is 0 Å². The molecule has 0 amide bonds. The molecule has 16 heavy (non-hydrogen) atoms. The van der Waals surface area contributed by atoms with Crippen molar-refractivity contribution < 1.29 is 9.34 Å². The van der Waals surface area contributed by atoms with E-state index in [0.29, 0.717) is 17.1 Å². The zero-order valence-electron chi connectivity index (χ0n) is 8.51. The van der Waals surface area contributed by atoms with Gasteiger partial charge in [-0.25, -0.2) is 4.98 Å². The van der Waals surface area contributed by atoms with E-state index in [1.54, 1.807) is 13.1 Å². The van der Waals surface area contributed by atoms with Crippen LogP contribution in [0.1, 0.15) is 0 Å². The van der Waals surface area contributed by atoms with Gasteiger partial charge in [0.2, 0.25) is 0 Å². The van der Waals surface area contributed by atoms with Gasteiger partial charge in [0.1, 0.15) is 5.82 Å². The lowest BCUT2D eigenvalue weighted by Gasteiger charge is -2.02. The van der Waals surface area contributed by atoms with Gasteiger partial charge < -0.3 is 9.73 Å². The van der Waals surface area contributed by atoms with E-state index in [-0.39, 0.29) is 5.69 Å². The van der Waals surface area contributed by atoms with Gasteiger partial charge in [0.25, 0.3) is 5.69 Å². The van der Waals surface area contributed by atoms with Crippen molar-refractivity contribution in [1.29, 1.82) is 0 Å². The SMILES string of the molecule is CNc1cc([N+](=O)[O-])cc(-c2ccoc2)n1. The van der Waals surface area contributed by atoms with Crippen molar-refractivity contribution in [3.63, 3.8) is 0 Å². The van der Waals surface area contributed by atoms with Crippen LogP contribution in [0.4, 0.5) is 11.5 Å². The van der Waals surface area contributed by atoms with E-state index in [0.717, 1.165) is 0 Å². The Kier molecular flexibility index (Phi) is 2.55. The lowest BCUT2D eigenvalue weighted by molar-refractivity contribution is -0.384. The maximum absolute atomic E-state index is 10.7. The van der Waals surface area contributed by atoms with Crippen LogP contribution < -0.4 is 5.32 Å². The number of anilines is 1. The Morgan fingerprint density at radius 3 is 2.88 bits per heavy atom. The Bertz CT molecular complexity index is 508. The number of nitrogens with one attached hydrogen (secondary N) is 1. The monoisotopic (exact) mass is 219 g/mol. The Balaban J connectivity index is 2.53. The highest BCUT2D eigenvalue weighted by molar-refractivity contribution is 5.64. The minimum absolute atomic E-state index is 0.00412. The first-order valence-corrected chi connectivity index (χ1v) is 4.57. The minimum Gasteiger partial charge on any atom is -0.472 e. The predicted octanol–water partition coefficient (Wildman–Crippen LogP) is 2.29. The van der Waals surface area contributed by atoms with Gasteiger partial charge >= 0.3 is 0 Å². The molecule has 0 saturated carbocycles. The topological polar surface area (TPSA) is 81.2 Å². The van der Waals surface area contributed by atoms with Crippen LogP contribution in [0.15, 0.2) is 35.1 Å². The molecule has 0 aromatic carbocycles. The van der Waals surface area contributed by atoms with Crippen molar-refractivity contribution in [3.8, 4) is 11.3 Å². The second-order valence-electron chi connectivity index (χ2n) is 3.11. The van der Waals surface area contributed by atoms with Crippen LogP contribution in [0.5, 0.6) is 0 Å². The molecule has 0 aliphatic heterocycles. The number of hydrogen-bond acceptors (Lipinski definition) is 5. The van der Waals surface area contributed by atoms with E-state index < -0.39 is 4.92 Å². The van der Waals surface area contributed by atoms with Crippen LogP contribution in [0.3, 0.4) is 0 Å². The standard InChI is InChI=1S/C10H9N3O3/c1-11-10-5-8(13(14)15)4-9(12-10)7-2-3-16-6-7/h2-6H,1H3,(H,11,12). The zero-order chi connectivity index (χ0) is 11.5. The summed E-state index contributed by atoms with van der Waals surface area (Å²) in [6, 6.07) is 4.49. The summed E-state index contributed by atoms with van der Waals surface area (Å²) < 4.78 is 4.91. The number of aromatic nitrogens is 1. The molecule has 6 heteroatoms. The van der Waals surface area contributed by atoms with Crippen molar-refractivity contribution in [3.05, 3.63) is 40.8 Å². The molecule has 82 valence electrons. The Morgan fingerprint density at radius 2 is 2.31 bits per heavy atom. The number of furan rings is 1. The summed E-state index contributed by atoms with van der Waals surface area (Å²) in [7, 11) is 1.66. The van der Waals surface area contributed by atoms with Crippen LogP contribution in [-0.4, -0.2) is 17.0 Å². The summed E-state index contributed by atoms with van der Waals surface area (Å²) in [5, 5.41) is 13.5. The fraction of sp³-hybridized carbons (Fsp3) is 0.100. The maximum Gasteiger partial charge on any atom is 0.275 e. The average Bonchev–Trinajstić information content (AvgIpc) is 2.81. The van der Waals surface area contributed by atoms with E-state index >= 15 is 0 Å². The highest BCUT2D eigenvalue weighted by Gasteiger charge is 2.12.